The molecule has 2 rings (SSSR count). The van der Waals surface area contributed by atoms with Crippen LogP contribution in [-0.4, -0.2) is 38.7 Å². The van der Waals surface area contributed by atoms with E-state index in [9.17, 15) is 21.6 Å². The van der Waals surface area contributed by atoms with Crippen LogP contribution >= 0.6 is 0 Å². The van der Waals surface area contributed by atoms with E-state index >= 15 is 0 Å². The van der Waals surface area contributed by atoms with Crippen LogP contribution in [0.25, 0.3) is 0 Å². The third-order valence-electron chi connectivity index (χ3n) is 4.51. The Morgan fingerprint density at radius 2 is 1.70 bits per heavy atom. The second-order valence-corrected chi connectivity index (χ2v) is 8.41. The van der Waals surface area contributed by atoms with Crippen molar-refractivity contribution in [1.82, 2.24) is 5.32 Å². The molecule has 1 N–H and O–H groups in total. The highest BCUT2D eigenvalue weighted by Crippen LogP contribution is 2.37. The van der Waals surface area contributed by atoms with Gasteiger partial charge in [0, 0.05) is 6.04 Å². The summed E-state index contributed by atoms with van der Waals surface area (Å²) in [6.45, 7) is 0.644. The van der Waals surface area contributed by atoms with Crippen LogP contribution in [0.3, 0.4) is 0 Å². The fourth-order valence-electron chi connectivity index (χ4n) is 3.15. The van der Waals surface area contributed by atoms with Gasteiger partial charge in [0.05, 0.1) is 17.4 Å². The summed E-state index contributed by atoms with van der Waals surface area (Å²) in [7, 11) is -2.86. The second kappa shape index (κ2) is 6.22. The van der Waals surface area contributed by atoms with E-state index in [0.717, 1.165) is 6.42 Å². The first kappa shape index (κ1) is 16.1. The summed E-state index contributed by atoms with van der Waals surface area (Å²) in [6, 6.07) is -0.0751. The number of sulfone groups is 1. The molecule has 1 aliphatic carbocycles. The predicted octanol–water partition coefficient (Wildman–Crippen LogP) is 2.52. The lowest BCUT2D eigenvalue weighted by atomic mass is 9.85. The molecule has 0 bridgehead atoms. The fraction of sp³-hybridized carbons (Fsp3) is 1.00. The summed E-state index contributed by atoms with van der Waals surface area (Å²) in [6.07, 6.45) is -1.02. The van der Waals surface area contributed by atoms with Gasteiger partial charge in [0.25, 0.3) is 0 Å². The van der Waals surface area contributed by atoms with E-state index in [4.69, 9.17) is 0 Å². The van der Waals surface area contributed by atoms with Crippen molar-refractivity contribution < 1.29 is 21.6 Å². The number of rotatable bonds is 3. The normalized spacial score (nSPS) is 32.1. The standard InChI is InChI=1S/C13H22F3NO2S/c14-13(15,16)11-2-1-3-12(8-11)17-9-10-4-6-20(18,19)7-5-10/h10-12,17H,1-9H2/t11-,12+/m1/s1. The van der Waals surface area contributed by atoms with Crippen molar-refractivity contribution in [3.63, 3.8) is 0 Å². The molecule has 0 unspecified atom stereocenters. The molecule has 0 radical (unpaired) electrons. The minimum atomic E-state index is -4.08. The van der Waals surface area contributed by atoms with Crippen LogP contribution in [-0.2, 0) is 9.84 Å². The highest BCUT2D eigenvalue weighted by atomic mass is 32.2. The number of nitrogens with one attached hydrogen (secondary N) is 1. The van der Waals surface area contributed by atoms with Gasteiger partial charge in [-0.3, -0.25) is 0 Å². The molecule has 0 aromatic carbocycles. The predicted molar refractivity (Wildman–Crippen MR) is 71.2 cm³/mol. The Bertz CT molecular complexity index is 408. The Balaban J connectivity index is 1.74. The molecule has 1 heterocycles. The van der Waals surface area contributed by atoms with Crippen LogP contribution < -0.4 is 5.32 Å². The van der Waals surface area contributed by atoms with E-state index in [1.54, 1.807) is 0 Å². The van der Waals surface area contributed by atoms with Gasteiger partial charge in [-0.15, -0.1) is 0 Å². The maximum absolute atomic E-state index is 12.7. The van der Waals surface area contributed by atoms with Gasteiger partial charge in [-0.1, -0.05) is 6.42 Å². The lowest BCUT2D eigenvalue weighted by Crippen LogP contribution is -2.41. The highest BCUT2D eigenvalue weighted by molar-refractivity contribution is 7.91. The van der Waals surface area contributed by atoms with E-state index < -0.39 is 21.9 Å². The number of hydrogen-bond acceptors (Lipinski definition) is 3. The van der Waals surface area contributed by atoms with Crippen molar-refractivity contribution in [2.45, 2.75) is 50.7 Å². The van der Waals surface area contributed by atoms with Crippen molar-refractivity contribution in [2.75, 3.05) is 18.1 Å². The Morgan fingerprint density at radius 3 is 2.30 bits per heavy atom. The smallest absolute Gasteiger partial charge is 0.314 e. The van der Waals surface area contributed by atoms with Crippen LogP contribution in [0.4, 0.5) is 13.2 Å². The highest BCUT2D eigenvalue weighted by Gasteiger charge is 2.42. The van der Waals surface area contributed by atoms with Gasteiger partial charge in [0.1, 0.15) is 9.84 Å². The van der Waals surface area contributed by atoms with Crippen LogP contribution in [0.5, 0.6) is 0 Å². The van der Waals surface area contributed by atoms with Crippen molar-refractivity contribution in [2.24, 2.45) is 11.8 Å². The lowest BCUT2D eigenvalue weighted by Gasteiger charge is -2.32. The molecule has 20 heavy (non-hydrogen) atoms. The number of hydrogen-bond donors (Lipinski definition) is 1. The van der Waals surface area contributed by atoms with Crippen molar-refractivity contribution in [3.8, 4) is 0 Å². The van der Waals surface area contributed by atoms with Gasteiger partial charge >= 0.3 is 6.18 Å². The van der Waals surface area contributed by atoms with Crippen LogP contribution in [0.15, 0.2) is 0 Å². The zero-order chi connectivity index (χ0) is 14.8. The zero-order valence-electron chi connectivity index (χ0n) is 11.5. The molecule has 118 valence electrons. The SMILES string of the molecule is O=S1(=O)CCC(CN[C@H]2CCC[C@@H](C(F)(F)F)C2)CC1. The molecule has 7 heteroatoms. The third kappa shape index (κ3) is 4.62. The molecule has 2 fully saturated rings. The molecule has 0 aromatic heterocycles. The van der Waals surface area contributed by atoms with Crippen LogP contribution in [0.1, 0.15) is 38.5 Å². The minimum Gasteiger partial charge on any atom is -0.314 e. The first-order valence-corrected chi connectivity index (χ1v) is 9.09. The van der Waals surface area contributed by atoms with Gasteiger partial charge in [0.15, 0.2) is 0 Å². The Hall–Kier alpha value is -0.300. The molecule has 1 saturated heterocycles. The first-order chi connectivity index (χ1) is 9.26. The first-order valence-electron chi connectivity index (χ1n) is 7.27. The van der Waals surface area contributed by atoms with Gasteiger partial charge in [-0.25, -0.2) is 8.42 Å². The minimum absolute atomic E-state index is 0.0751. The maximum Gasteiger partial charge on any atom is 0.391 e. The largest absolute Gasteiger partial charge is 0.391 e. The second-order valence-electron chi connectivity index (χ2n) is 6.11. The molecular formula is C13H22F3NO2S. The van der Waals surface area contributed by atoms with E-state index in [1.807, 2.05) is 0 Å². The average Bonchev–Trinajstić information content (AvgIpc) is 2.37. The summed E-state index contributed by atoms with van der Waals surface area (Å²) >= 11 is 0. The maximum atomic E-state index is 12.7. The van der Waals surface area contributed by atoms with E-state index in [2.05, 4.69) is 5.32 Å². The zero-order valence-corrected chi connectivity index (χ0v) is 12.3. The summed E-state index contributed by atoms with van der Waals surface area (Å²) in [5.41, 5.74) is 0. The quantitative estimate of drug-likeness (QED) is 0.871. The molecule has 2 aliphatic rings. The monoisotopic (exact) mass is 313 g/mol. The molecule has 0 spiro atoms. The van der Waals surface area contributed by atoms with Crippen molar-refractivity contribution >= 4 is 9.84 Å². The number of alkyl halides is 3. The summed E-state index contributed by atoms with van der Waals surface area (Å²) in [5.74, 6) is -0.463. The number of halogens is 3. The fourth-order valence-corrected chi connectivity index (χ4v) is 4.74. The van der Waals surface area contributed by atoms with Crippen molar-refractivity contribution in [3.05, 3.63) is 0 Å². The Labute approximate surface area is 118 Å². The van der Waals surface area contributed by atoms with Gasteiger partial charge in [-0.2, -0.15) is 13.2 Å². The molecule has 0 amide bonds. The summed E-state index contributed by atoms with van der Waals surface area (Å²) in [4.78, 5) is 0. The molecule has 1 saturated carbocycles. The third-order valence-corrected chi connectivity index (χ3v) is 6.22. The van der Waals surface area contributed by atoms with Gasteiger partial charge < -0.3 is 5.32 Å². The summed E-state index contributed by atoms with van der Waals surface area (Å²) in [5, 5.41) is 3.23. The topological polar surface area (TPSA) is 46.2 Å². The van der Waals surface area contributed by atoms with Gasteiger partial charge in [0.2, 0.25) is 0 Å². The van der Waals surface area contributed by atoms with E-state index in [0.29, 0.717) is 25.8 Å². The molecule has 0 aromatic rings. The summed E-state index contributed by atoms with van der Waals surface area (Å²) < 4.78 is 60.7. The molecular weight excluding hydrogens is 291 g/mol. The van der Waals surface area contributed by atoms with Crippen LogP contribution in [0.2, 0.25) is 0 Å². The Morgan fingerprint density at radius 1 is 1.05 bits per heavy atom. The molecule has 2 atom stereocenters. The van der Waals surface area contributed by atoms with Crippen LogP contribution in [0, 0.1) is 11.8 Å². The molecule has 3 nitrogen and oxygen atoms in total. The molecule has 1 aliphatic heterocycles. The van der Waals surface area contributed by atoms with E-state index in [1.165, 1.54) is 0 Å². The van der Waals surface area contributed by atoms with Crippen molar-refractivity contribution in [1.29, 1.82) is 0 Å². The average molecular weight is 313 g/mol. The van der Waals surface area contributed by atoms with Gasteiger partial charge in [-0.05, 0) is 44.6 Å². The van der Waals surface area contributed by atoms with E-state index in [-0.39, 0.29) is 36.3 Å². The lowest BCUT2D eigenvalue weighted by molar-refractivity contribution is -0.183. The Kier molecular flexibility index (Phi) is 5.00.